The van der Waals surface area contributed by atoms with Crippen LogP contribution in [0.3, 0.4) is 0 Å². The Morgan fingerprint density at radius 2 is 2.00 bits per heavy atom. The van der Waals surface area contributed by atoms with E-state index in [4.69, 9.17) is 0 Å². The number of piperidine rings is 1. The Morgan fingerprint density at radius 3 is 2.60 bits per heavy atom. The van der Waals surface area contributed by atoms with Crippen molar-refractivity contribution in [3.8, 4) is 0 Å². The van der Waals surface area contributed by atoms with Gasteiger partial charge in [-0.2, -0.15) is 0 Å². The van der Waals surface area contributed by atoms with Gasteiger partial charge in [-0.15, -0.1) is 0 Å². The minimum Gasteiger partial charge on any atom is -0.295 e. The highest BCUT2D eigenvalue weighted by molar-refractivity contribution is 6.59. The van der Waals surface area contributed by atoms with Crippen molar-refractivity contribution < 1.29 is 19.2 Å². The van der Waals surface area contributed by atoms with E-state index in [-0.39, 0.29) is 24.1 Å². The highest BCUT2D eigenvalue weighted by Gasteiger charge is 2.46. The first kappa shape index (κ1) is 13.8. The molecule has 2 aliphatic heterocycles. The van der Waals surface area contributed by atoms with Gasteiger partial charge in [-0.1, -0.05) is 6.58 Å². The second-order valence-electron chi connectivity index (χ2n) is 4.28. The van der Waals surface area contributed by atoms with Crippen LogP contribution in [0.1, 0.15) is 12.8 Å². The Balaban J connectivity index is 2.31. The zero-order valence-corrected chi connectivity index (χ0v) is 10.8. The molecule has 0 aromatic carbocycles. The molecule has 0 bridgehead atoms. The van der Waals surface area contributed by atoms with Crippen molar-refractivity contribution in [2.45, 2.75) is 18.9 Å². The summed E-state index contributed by atoms with van der Waals surface area (Å²) >= 11 is 0. The van der Waals surface area contributed by atoms with E-state index in [1.807, 2.05) is 0 Å². The lowest BCUT2D eigenvalue weighted by molar-refractivity contribution is -0.148. The first-order chi connectivity index (χ1) is 9.47. The molecule has 8 heteroatoms. The molecule has 1 unspecified atom stereocenters. The van der Waals surface area contributed by atoms with Crippen LogP contribution in [0.4, 0.5) is 0 Å². The zero-order valence-electron chi connectivity index (χ0n) is 10.8. The standard InChI is InChI=1S/C12H12N4O4/c1-6-9(14-5-13-2)12(20)16(11(6)19)7-3-4-8(17)15-10(7)18/h5,7H,1,3-4H2,2H3,(H,15,17,18). The van der Waals surface area contributed by atoms with Crippen LogP contribution in [0, 0.1) is 0 Å². The Bertz CT molecular complexity index is 590. The quantitative estimate of drug-likeness (QED) is 0.296. The van der Waals surface area contributed by atoms with Crippen LogP contribution in [-0.2, 0) is 19.2 Å². The molecule has 2 fully saturated rings. The summed E-state index contributed by atoms with van der Waals surface area (Å²) in [4.78, 5) is 55.1. The number of carbonyl (C=O) groups excluding carboxylic acids is 4. The van der Waals surface area contributed by atoms with E-state index in [1.54, 1.807) is 0 Å². The van der Waals surface area contributed by atoms with Gasteiger partial charge in [0, 0.05) is 13.5 Å². The lowest BCUT2D eigenvalue weighted by atomic mass is 10.0. The van der Waals surface area contributed by atoms with Crippen LogP contribution < -0.4 is 5.32 Å². The van der Waals surface area contributed by atoms with E-state index in [0.717, 1.165) is 11.2 Å². The number of imide groups is 2. The largest absolute Gasteiger partial charge is 0.295 e. The zero-order chi connectivity index (χ0) is 14.9. The number of aliphatic imine (C=N–C) groups is 2. The van der Waals surface area contributed by atoms with E-state index < -0.39 is 29.7 Å². The number of likely N-dealkylation sites (tertiary alicyclic amines) is 1. The van der Waals surface area contributed by atoms with Crippen molar-refractivity contribution in [3.63, 3.8) is 0 Å². The number of hydrogen-bond donors (Lipinski definition) is 1. The fraction of sp³-hybridized carbons (Fsp3) is 0.333. The molecule has 104 valence electrons. The molecule has 0 saturated carbocycles. The maximum absolute atomic E-state index is 12.1. The third-order valence-corrected chi connectivity index (χ3v) is 3.01. The summed E-state index contributed by atoms with van der Waals surface area (Å²) in [6, 6.07) is -1.00. The van der Waals surface area contributed by atoms with Crippen molar-refractivity contribution in [2.24, 2.45) is 9.98 Å². The van der Waals surface area contributed by atoms with Crippen LogP contribution in [0.15, 0.2) is 22.1 Å². The molecule has 2 saturated heterocycles. The van der Waals surface area contributed by atoms with Crippen molar-refractivity contribution in [3.05, 3.63) is 12.2 Å². The normalized spacial score (nSPS) is 26.1. The Labute approximate surface area is 114 Å². The molecule has 2 aliphatic rings. The van der Waals surface area contributed by atoms with E-state index in [0.29, 0.717) is 0 Å². The molecule has 0 radical (unpaired) electrons. The highest BCUT2D eigenvalue weighted by atomic mass is 16.2. The van der Waals surface area contributed by atoms with Crippen LogP contribution >= 0.6 is 0 Å². The molecular weight excluding hydrogens is 264 g/mol. The third kappa shape index (κ3) is 2.15. The van der Waals surface area contributed by atoms with Crippen LogP contribution in [0.2, 0.25) is 0 Å². The summed E-state index contributed by atoms with van der Waals surface area (Å²) in [6.45, 7) is 3.50. The first-order valence-electron chi connectivity index (χ1n) is 5.86. The summed E-state index contributed by atoms with van der Waals surface area (Å²) in [5.74, 6) is -2.46. The van der Waals surface area contributed by atoms with Crippen LogP contribution in [0.25, 0.3) is 0 Å². The summed E-state index contributed by atoms with van der Waals surface area (Å²) < 4.78 is 0. The Kier molecular flexibility index (Phi) is 3.55. The average Bonchev–Trinajstić information content (AvgIpc) is 2.60. The molecule has 0 aromatic rings. The third-order valence-electron chi connectivity index (χ3n) is 3.01. The molecule has 2 rings (SSSR count). The number of carbonyl (C=O) groups is 4. The van der Waals surface area contributed by atoms with Gasteiger partial charge in [-0.25, -0.2) is 4.99 Å². The SMILES string of the molecule is C=C1C(=O)N(C2CCC(=O)NC2=O)C(=O)C1=NC=NC. The monoisotopic (exact) mass is 276 g/mol. The molecule has 0 aliphatic carbocycles. The van der Waals surface area contributed by atoms with Crippen LogP contribution in [-0.4, -0.2) is 53.7 Å². The van der Waals surface area contributed by atoms with Crippen molar-refractivity contribution in [1.82, 2.24) is 10.2 Å². The second-order valence-corrected chi connectivity index (χ2v) is 4.28. The molecule has 1 N–H and O–H groups in total. The fourth-order valence-electron chi connectivity index (χ4n) is 2.04. The van der Waals surface area contributed by atoms with Gasteiger partial charge in [0.05, 0.1) is 5.57 Å². The van der Waals surface area contributed by atoms with Gasteiger partial charge in [0.2, 0.25) is 11.8 Å². The molecule has 2 heterocycles. The number of amides is 4. The lowest BCUT2D eigenvalue weighted by Gasteiger charge is -2.27. The Hall–Kier alpha value is -2.64. The van der Waals surface area contributed by atoms with E-state index in [2.05, 4.69) is 21.9 Å². The summed E-state index contributed by atoms with van der Waals surface area (Å²) in [7, 11) is 1.46. The predicted molar refractivity (Wildman–Crippen MR) is 69.0 cm³/mol. The molecule has 0 aromatic heterocycles. The van der Waals surface area contributed by atoms with E-state index in [9.17, 15) is 19.2 Å². The van der Waals surface area contributed by atoms with Crippen molar-refractivity contribution >= 4 is 35.7 Å². The maximum atomic E-state index is 12.1. The maximum Gasteiger partial charge on any atom is 0.280 e. The lowest BCUT2D eigenvalue weighted by Crippen LogP contribution is -2.54. The van der Waals surface area contributed by atoms with Crippen LogP contribution in [0.5, 0.6) is 0 Å². The summed E-state index contributed by atoms with van der Waals surface area (Å²) in [5, 5.41) is 2.10. The highest BCUT2D eigenvalue weighted by Crippen LogP contribution is 2.22. The van der Waals surface area contributed by atoms with Gasteiger partial charge in [0.15, 0.2) is 0 Å². The fourth-order valence-corrected chi connectivity index (χ4v) is 2.04. The van der Waals surface area contributed by atoms with E-state index in [1.165, 1.54) is 7.05 Å². The number of nitrogens with one attached hydrogen (secondary N) is 1. The molecule has 1 atom stereocenters. The molecule has 0 spiro atoms. The van der Waals surface area contributed by atoms with Crippen molar-refractivity contribution in [2.75, 3.05) is 7.05 Å². The van der Waals surface area contributed by atoms with E-state index >= 15 is 0 Å². The van der Waals surface area contributed by atoms with Gasteiger partial charge in [0.1, 0.15) is 18.1 Å². The topological polar surface area (TPSA) is 108 Å². The number of nitrogens with zero attached hydrogens (tertiary/aromatic N) is 3. The van der Waals surface area contributed by atoms with Gasteiger partial charge in [0.25, 0.3) is 11.8 Å². The van der Waals surface area contributed by atoms with Crippen molar-refractivity contribution in [1.29, 1.82) is 0 Å². The minimum atomic E-state index is -1.00. The summed E-state index contributed by atoms with van der Waals surface area (Å²) in [5.41, 5.74) is -0.218. The minimum absolute atomic E-state index is 0.0723. The Morgan fingerprint density at radius 1 is 1.30 bits per heavy atom. The summed E-state index contributed by atoms with van der Waals surface area (Å²) in [6.07, 6.45) is 1.30. The molecule has 20 heavy (non-hydrogen) atoms. The molecule has 4 amide bonds. The number of hydrogen-bond acceptors (Lipinski definition) is 5. The molecular formula is C12H12N4O4. The number of rotatable bonds is 2. The van der Waals surface area contributed by atoms with Gasteiger partial charge >= 0.3 is 0 Å². The van der Waals surface area contributed by atoms with Gasteiger partial charge in [-0.05, 0) is 6.42 Å². The van der Waals surface area contributed by atoms with Gasteiger partial charge < -0.3 is 0 Å². The average molecular weight is 276 g/mol. The first-order valence-corrected chi connectivity index (χ1v) is 5.86. The smallest absolute Gasteiger partial charge is 0.280 e. The second kappa shape index (κ2) is 5.16. The predicted octanol–water partition coefficient (Wildman–Crippen LogP) is -1.18. The van der Waals surface area contributed by atoms with Gasteiger partial charge in [-0.3, -0.25) is 34.4 Å². The molecule has 8 nitrogen and oxygen atoms in total.